The largest absolute Gasteiger partial charge is 0.494 e. The molecule has 0 aliphatic carbocycles. The van der Waals surface area contributed by atoms with Crippen LogP contribution < -0.4 is 10.5 Å². The molecule has 0 saturated carbocycles. The first-order valence-electron chi connectivity index (χ1n) is 7.64. The molecule has 0 bridgehead atoms. The summed E-state index contributed by atoms with van der Waals surface area (Å²) in [6.45, 7) is 1.90. The van der Waals surface area contributed by atoms with Crippen molar-refractivity contribution in [1.82, 2.24) is 4.31 Å². The molecule has 1 aliphatic rings. The van der Waals surface area contributed by atoms with Crippen molar-refractivity contribution in [1.29, 1.82) is 0 Å². The predicted molar refractivity (Wildman–Crippen MR) is 84.4 cm³/mol. The van der Waals surface area contributed by atoms with Gasteiger partial charge in [0.05, 0.1) is 18.1 Å². The van der Waals surface area contributed by atoms with Crippen molar-refractivity contribution < 1.29 is 22.3 Å². The fourth-order valence-electron chi connectivity index (χ4n) is 2.53. The molecular formula is C15H23FN2O4S. The van der Waals surface area contributed by atoms with Crippen LogP contribution in [0.3, 0.4) is 0 Å². The van der Waals surface area contributed by atoms with E-state index in [1.165, 1.54) is 23.5 Å². The molecule has 6 nitrogen and oxygen atoms in total. The number of sulfonamides is 1. The monoisotopic (exact) mass is 346 g/mol. The molecule has 23 heavy (non-hydrogen) atoms. The van der Waals surface area contributed by atoms with E-state index in [9.17, 15) is 12.8 Å². The van der Waals surface area contributed by atoms with E-state index in [4.69, 9.17) is 15.2 Å². The van der Waals surface area contributed by atoms with Gasteiger partial charge in [0.1, 0.15) is 0 Å². The average molecular weight is 346 g/mol. The van der Waals surface area contributed by atoms with Crippen molar-refractivity contribution >= 4 is 10.0 Å². The van der Waals surface area contributed by atoms with E-state index >= 15 is 0 Å². The SMILES string of the molecule is COc1ccc(S(=O)(=O)N2CCC(OCCCN)CC2)cc1F. The molecule has 0 amide bonds. The van der Waals surface area contributed by atoms with Crippen LogP contribution in [0.4, 0.5) is 4.39 Å². The van der Waals surface area contributed by atoms with Crippen LogP contribution in [0.1, 0.15) is 19.3 Å². The maximum absolute atomic E-state index is 13.7. The van der Waals surface area contributed by atoms with E-state index in [2.05, 4.69) is 0 Å². The Labute approximate surface area is 136 Å². The lowest BCUT2D eigenvalue weighted by Gasteiger charge is -2.31. The number of hydrogen-bond donors (Lipinski definition) is 1. The minimum Gasteiger partial charge on any atom is -0.494 e. The zero-order valence-corrected chi connectivity index (χ0v) is 14.0. The summed E-state index contributed by atoms with van der Waals surface area (Å²) in [6.07, 6.45) is 2.11. The number of hydrogen-bond acceptors (Lipinski definition) is 5. The fraction of sp³-hybridized carbons (Fsp3) is 0.600. The minimum absolute atomic E-state index is 0.0240. The van der Waals surface area contributed by atoms with Crippen LogP contribution in [-0.2, 0) is 14.8 Å². The molecule has 0 atom stereocenters. The zero-order valence-electron chi connectivity index (χ0n) is 13.2. The molecular weight excluding hydrogens is 323 g/mol. The van der Waals surface area contributed by atoms with Crippen molar-refractivity contribution in [3.8, 4) is 5.75 Å². The van der Waals surface area contributed by atoms with E-state index in [1.807, 2.05) is 0 Å². The van der Waals surface area contributed by atoms with Crippen molar-refractivity contribution in [3.05, 3.63) is 24.0 Å². The highest BCUT2D eigenvalue weighted by atomic mass is 32.2. The summed E-state index contributed by atoms with van der Waals surface area (Å²) in [7, 11) is -2.36. The Hall–Kier alpha value is -1.22. The van der Waals surface area contributed by atoms with Gasteiger partial charge in [-0.1, -0.05) is 0 Å². The molecule has 0 unspecified atom stereocenters. The van der Waals surface area contributed by atoms with E-state index in [1.54, 1.807) is 0 Å². The quantitative estimate of drug-likeness (QED) is 0.754. The van der Waals surface area contributed by atoms with Gasteiger partial charge in [-0.05, 0) is 44.0 Å². The van der Waals surface area contributed by atoms with Crippen LogP contribution in [0.25, 0.3) is 0 Å². The Morgan fingerprint density at radius 1 is 1.35 bits per heavy atom. The summed E-state index contributed by atoms with van der Waals surface area (Å²) in [5.74, 6) is -0.662. The Morgan fingerprint density at radius 3 is 2.61 bits per heavy atom. The van der Waals surface area contributed by atoms with Gasteiger partial charge in [-0.2, -0.15) is 4.31 Å². The van der Waals surface area contributed by atoms with Crippen LogP contribution >= 0.6 is 0 Å². The summed E-state index contributed by atoms with van der Waals surface area (Å²) in [6, 6.07) is 3.68. The third-order valence-electron chi connectivity index (χ3n) is 3.86. The normalized spacial score (nSPS) is 17.3. The molecule has 0 aromatic heterocycles. The highest BCUT2D eigenvalue weighted by molar-refractivity contribution is 7.89. The Kier molecular flexibility index (Phi) is 6.34. The van der Waals surface area contributed by atoms with Crippen LogP contribution in [0, 0.1) is 5.82 Å². The Bertz CT molecular complexity index is 616. The number of ether oxygens (including phenoxy) is 2. The summed E-state index contributed by atoms with van der Waals surface area (Å²) in [4.78, 5) is -0.0571. The number of rotatable bonds is 7. The van der Waals surface area contributed by atoms with E-state index in [-0.39, 0.29) is 16.7 Å². The first-order valence-corrected chi connectivity index (χ1v) is 9.08. The van der Waals surface area contributed by atoms with Crippen LogP contribution in [0.15, 0.2) is 23.1 Å². The summed E-state index contributed by atoms with van der Waals surface area (Å²) in [5.41, 5.74) is 5.41. The number of methoxy groups -OCH3 is 1. The van der Waals surface area contributed by atoms with Gasteiger partial charge in [0.25, 0.3) is 0 Å². The van der Waals surface area contributed by atoms with Crippen molar-refractivity contribution in [2.45, 2.75) is 30.3 Å². The number of benzene rings is 1. The number of halogens is 1. The second-order valence-electron chi connectivity index (χ2n) is 5.41. The standard InChI is InChI=1S/C15H23FN2O4S/c1-21-15-4-3-13(11-14(15)16)23(19,20)18-8-5-12(6-9-18)22-10-2-7-17/h3-4,11-12H,2,5-10,17H2,1H3. The van der Waals surface area contributed by atoms with Gasteiger partial charge in [-0.3, -0.25) is 0 Å². The van der Waals surface area contributed by atoms with E-state index in [0.717, 1.165) is 12.5 Å². The van der Waals surface area contributed by atoms with E-state index < -0.39 is 15.8 Å². The van der Waals surface area contributed by atoms with Crippen molar-refractivity contribution in [3.63, 3.8) is 0 Å². The topological polar surface area (TPSA) is 81.9 Å². The maximum atomic E-state index is 13.7. The summed E-state index contributed by atoms with van der Waals surface area (Å²) < 4.78 is 50.7. The molecule has 1 fully saturated rings. The van der Waals surface area contributed by atoms with Crippen molar-refractivity contribution in [2.75, 3.05) is 33.4 Å². The Balaban J connectivity index is 2.00. The third-order valence-corrected chi connectivity index (χ3v) is 5.76. The fourth-order valence-corrected chi connectivity index (χ4v) is 4.01. The third kappa shape index (κ3) is 4.41. The highest BCUT2D eigenvalue weighted by Gasteiger charge is 2.30. The number of nitrogens with zero attached hydrogens (tertiary/aromatic N) is 1. The average Bonchev–Trinajstić information content (AvgIpc) is 2.55. The highest BCUT2D eigenvalue weighted by Crippen LogP contribution is 2.25. The molecule has 1 heterocycles. The molecule has 0 spiro atoms. The lowest BCUT2D eigenvalue weighted by atomic mass is 10.1. The zero-order chi connectivity index (χ0) is 16.9. The summed E-state index contributed by atoms with van der Waals surface area (Å²) in [5, 5.41) is 0. The van der Waals surface area contributed by atoms with Crippen molar-refractivity contribution in [2.24, 2.45) is 5.73 Å². The molecule has 0 radical (unpaired) electrons. The van der Waals surface area contributed by atoms with Crippen LogP contribution in [0.5, 0.6) is 5.75 Å². The molecule has 1 aromatic rings. The predicted octanol–water partition coefficient (Wildman–Crippen LogP) is 1.35. The molecule has 2 N–H and O–H groups in total. The summed E-state index contributed by atoms with van der Waals surface area (Å²) >= 11 is 0. The van der Waals surface area contributed by atoms with Crippen LogP contribution in [0.2, 0.25) is 0 Å². The van der Waals surface area contributed by atoms with Gasteiger partial charge in [-0.15, -0.1) is 0 Å². The minimum atomic E-state index is -3.70. The van der Waals surface area contributed by atoms with Crippen LogP contribution in [-0.4, -0.2) is 52.2 Å². The van der Waals surface area contributed by atoms with E-state index in [0.29, 0.717) is 39.1 Å². The molecule has 1 saturated heterocycles. The van der Waals surface area contributed by atoms with Gasteiger partial charge < -0.3 is 15.2 Å². The Morgan fingerprint density at radius 2 is 2.04 bits per heavy atom. The number of piperidine rings is 1. The molecule has 1 aliphatic heterocycles. The lowest BCUT2D eigenvalue weighted by Crippen LogP contribution is -2.41. The lowest BCUT2D eigenvalue weighted by molar-refractivity contribution is 0.0209. The van der Waals surface area contributed by atoms with Gasteiger partial charge in [0.2, 0.25) is 10.0 Å². The smallest absolute Gasteiger partial charge is 0.243 e. The molecule has 130 valence electrons. The first-order chi connectivity index (χ1) is 11.0. The second-order valence-corrected chi connectivity index (χ2v) is 7.35. The molecule has 2 rings (SSSR count). The van der Waals surface area contributed by atoms with Gasteiger partial charge in [-0.25, -0.2) is 12.8 Å². The van der Waals surface area contributed by atoms with Gasteiger partial charge >= 0.3 is 0 Å². The van der Waals surface area contributed by atoms with Gasteiger partial charge in [0, 0.05) is 19.7 Å². The number of nitrogens with two attached hydrogens (primary N) is 1. The van der Waals surface area contributed by atoms with Gasteiger partial charge in [0.15, 0.2) is 11.6 Å². The first kappa shape index (κ1) is 18.1. The molecule has 1 aromatic carbocycles. The second kappa shape index (κ2) is 8.05. The molecule has 8 heteroatoms. The maximum Gasteiger partial charge on any atom is 0.243 e.